The van der Waals surface area contributed by atoms with E-state index in [0.717, 1.165) is 0 Å². The fourth-order valence-electron chi connectivity index (χ4n) is 2.12. The third kappa shape index (κ3) is 5.10. The molecule has 0 radical (unpaired) electrons. The number of esters is 1. The van der Waals surface area contributed by atoms with Gasteiger partial charge in [-0.2, -0.15) is 0 Å². The summed E-state index contributed by atoms with van der Waals surface area (Å²) in [6, 6.07) is 0. The molecule has 0 aromatic rings. The van der Waals surface area contributed by atoms with Crippen LogP contribution in [0.2, 0.25) is 0 Å². The van der Waals surface area contributed by atoms with Crippen molar-refractivity contribution in [2.45, 2.75) is 40.0 Å². The Balaban J connectivity index is 2.65. The molecule has 0 N–H and O–H groups in total. The Labute approximate surface area is 116 Å². The average Bonchev–Trinajstić information content (AvgIpc) is 2.35. The highest BCUT2D eigenvalue weighted by Crippen LogP contribution is 2.24. The largest absolute Gasteiger partial charge is 0.469 e. The van der Waals surface area contributed by atoms with Gasteiger partial charge in [-0.05, 0) is 24.7 Å². The van der Waals surface area contributed by atoms with Crippen molar-refractivity contribution in [1.29, 1.82) is 0 Å². The normalized spacial score (nSPS) is 22.2. The molecule has 0 spiro atoms. The van der Waals surface area contributed by atoms with Crippen LogP contribution in [0.5, 0.6) is 0 Å². The molecule has 1 atom stereocenters. The molecule has 0 aliphatic carbocycles. The van der Waals surface area contributed by atoms with Crippen molar-refractivity contribution in [2.24, 2.45) is 11.3 Å². The molecule has 0 bridgehead atoms. The van der Waals surface area contributed by atoms with Crippen molar-refractivity contribution in [3.05, 3.63) is 0 Å². The summed E-state index contributed by atoms with van der Waals surface area (Å²) in [4.78, 5) is 11.5. The highest BCUT2D eigenvalue weighted by atomic mass is 32.2. The highest BCUT2D eigenvalue weighted by molar-refractivity contribution is 7.89. The van der Waals surface area contributed by atoms with Crippen LogP contribution in [0.4, 0.5) is 0 Å². The molecule has 0 unspecified atom stereocenters. The maximum Gasteiger partial charge on any atom is 0.309 e. The van der Waals surface area contributed by atoms with Gasteiger partial charge in [-0.15, -0.1) is 0 Å². The van der Waals surface area contributed by atoms with Crippen LogP contribution in [0.1, 0.15) is 40.0 Å². The summed E-state index contributed by atoms with van der Waals surface area (Å²) in [7, 11) is -1.92. The van der Waals surface area contributed by atoms with E-state index >= 15 is 0 Å². The molecule has 1 rings (SSSR count). The molecule has 1 fully saturated rings. The van der Waals surface area contributed by atoms with Gasteiger partial charge in [0.05, 0.1) is 18.8 Å². The molecule has 1 heterocycles. The van der Waals surface area contributed by atoms with Crippen LogP contribution in [0.15, 0.2) is 0 Å². The molecule has 0 saturated carbocycles. The molecule has 0 aromatic carbocycles. The lowest BCUT2D eigenvalue weighted by atomic mass is 9.94. The quantitative estimate of drug-likeness (QED) is 0.739. The third-order valence-electron chi connectivity index (χ3n) is 3.42. The van der Waals surface area contributed by atoms with Gasteiger partial charge in [-0.3, -0.25) is 4.79 Å². The summed E-state index contributed by atoms with van der Waals surface area (Å²) < 4.78 is 30.7. The molecule has 19 heavy (non-hydrogen) atoms. The molecular formula is C13H25NO4S. The summed E-state index contributed by atoms with van der Waals surface area (Å²) in [5.41, 5.74) is -0.00932. The van der Waals surface area contributed by atoms with Gasteiger partial charge >= 0.3 is 5.97 Å². The number of methoxy groups -OCH3 is 1. The Morgan fingerprint density at radius 3 is 2.53 bits per heavy atom. The monoisotopic (exact) mass is 291 g/mol. The number of rotatable bonds is 4. The van der Waals surface area contributed by atoms with E-state index in [2.05, 4.69) is 0 Å². The molecule has 112 valence electrons. The molecule has 1 aliphatic rings. The summed E-state index contributed by atoms with van der Waals surface area (Å²) >= 11 is 0. The number of piperidine rings is 1. The van der Waals surface area contributed by atoms with E-state index in [-0.39, 0.29) is 29.6 Å². The lowest BCUT2D eigenvalue weighted by Gasteiger charge is -2.31. The first-order chi connectivity index (χ1) is 8.65. The van der Waals surface area contributed by atoms with Crippen LogP contribution in [0, 0.1) is 11.3 Å². The number of sulfonamides is 1. The Kier molecular flexibility index (Phi) is 5.38. The van der Waals surface area contributed by atoms with E-state index in [0.29, 0.717) is 25.8 Å². The highest BCUT2D eigenvalue weighted by Gasteiger charge is 2.33. The Bertz CT molecular complexity index is 411. The van der Waals surface area contributed by atoms with E-state index in [9.17, 15) is 13.2 Å². The maximum atomic E-state index is 12.3. The Morgan fingerprint density at radius 1 is 1.37 bits per heavy atom. The molecule has 1 saturated heterocycles. The second kappa shape index (κ2) is 6.22. The first-order valence-electron chi connectivity index (χ1n) is 6.71. The summed E-state index contributed by atoms with van der Waals surface area (Å²) in [6.07, 6.45) is 2.04. The second-order valence-corrected chi connectivity index (χ2v) is 8.44. The third-order valence-corrected chi connectivity index (χ3v) is 5.26. The summed E-state index contributed by atoms with van der Waals surface area (Å²) in [5.74, 6) is -0.483. The van der Waals surface area contributed by atoms with Gasteiger partial charge in [0.15, 0.2) is 0 Å². The van der Waals surface area contributed by atoms with Gasteiger partial charge in [0.1, 0.15) is 0 Å². The standard InChI is InChI=1S/C13H25NO4S/c1-13(2,3)7-9-19(16,17)14-8-5-6-11(10-14)12(15)18-4/h11H,5-10H2,1-4H3/t11-/m0/s1. The van der Waals surface area contributed by atoms with Gasteiger partial charge in [-0.25, -0.2) is 12.7 Å². The summed E-state index contributed by atoms with van der Waals surface area (Å²) in [5, 5.41) is 0. The average molecular weight is 291 g/mol. The van der Waals surface area contributed by atoms with Crippen LogP contribution in [0.3, 0.4) is 0 Å². The lowest BCUT2D eigenvalue weighted by Crippen LogP contribution is -2.43. The molecule has 0 aromatic heterocycles. The number of ether oxygens (including phenoxy) is 1. The molecule has 6 heteroatoms. The van der Waals surface area contributed by atoms with Gasteiger partial charge in [0, 0.05) is 13.1 Å². The SMILES string of the molecule is COC(=O)[C@H]1CCCN(S(=O)(=O)CCC(C)(C)C)C1. The van der Waals surface area contributed by atoms with Crippen molar-refractivity contribution >= 4 is 16.0 Å². The van der Waals surface area contributed by atoms with Gasteiger partial charge in [-0.1, -0.05) is 20.8 Å². The zero-order chi connectivity index (χ0) is 14.7. The first kappa shape index (κ1) is 16.4. The first-order valence-corrected chi connectivity index (χ1v) is 8.32. The minimum Gasteiger partial charge on any atom is -0.469 e. The molecule has 1 aliphatic heterocycles. The van der Waals surface area contributed by atoms with Crippen LogP contribution in [-0.2, 0) is 19.6 Å². The van der Waals surface area contributed by atoms with Gasteiger partial charge < -0.3 is 4.74 Å². The molecular weight excluding hydrogens is 266 g/mol. The fourth-order valence-corrected chi connectivity index (χ4v) is 4.06. The second-order valence-electron chi connectivity index (χ2n) is 6.35. The number of hydrogen-bond acceptors (Lipinski definition) is 4. The van der Waals surface area contributed by atoms with Crippen LogP contribution in [-0.4, -0.2) is 44.6 Å². The molecule has 5 nitrogen and oxygen atoms in total. The lowest BCUT2D eigenvalue weighted by molar-refractivity contribution is -0.146. The minimum absolute atomic E-state index is 0.00932. The summed E-state index contributed by atoms with van der Waals surface area (Å²) in [6.45, 7) is 6.85. The van der Waals surface area contributed by atoms with Crippen molar-refractivity contribution in [3.63, 3.8) is 0 Å². The van der Waals surface area contributed by atoms with Crippen molar-refractivity contribution < 1.29 is 17.9 Å². The van der Waals surface area contributed by atoms with Crippen molar-refractivity contribution in [2.75, 3.05) is 26.0 Å². The number of nitrogens with zero attached hydrogens (tertiary/aromatic N) is 1. The van der Waals surface area contributed by atoms with Crippen LogP contribution < -0.4 is 0 Å². The predicted octanol–water partition coefficient (Wildman–Crippen LogP) is 1.64. The van der Waals surface area contributed by atoms with E-state index in [1.807, 2.05) is 20.8 Å². The number of carbonyl (C=O) groups excluding carboxylic acids is 1. The fraction of sp³-hybridized carbons (Fsp3) is 0.923. The Hall–Kier alpha value is -0.620. The minimum atomic E-state index is -3.27. The van der Waals surface area contributed by atoms with Crippen molar-refractivity contribution in [3.8, 4) is 0 Å². The number of hydrogen-bond donors (Lipinski definition) is 0. The molecule has 0 amide bonds. The van der Waals surface area contributed by atoms with Gasteiger partial charge in [0.25, 0.3) is 0 Å². The van der Waals surface area contributed by atoms with E-state index < -0.39 is 10.0 Å². The predicted molar refractivity (Wildman–Crippen MR) is 74.2 cm³/mol. The van der Waals surface area contributed by atoms with Crippen LogP contribution in [0.25, 0.3) is 0 Å². The topological polar surface area (TPSA) is 63.7 Å². The smallest absolute Gasteiger partial charge is 0.309 e. The van der Waals surface area contributed by atoms with E-state index in [1.165, 1.54) is 11.4 Å². The number of carbonyl (C=O) groups is 1. The van der Waals surface area contributed by atoms with Gasteiger partial charge in [0.2, 0.25) is 10.0 Å². The van der Waals surface area contributed by atoms with Crippen molar-refractivity contribution in [1.82, 2.24) is 4.31 Å². The van der Waals surface area contributed by atoms with Crippen LogP contribution >= 0.6 is 0 Å². The Morgan fingerprint density at radius 2 is 2.00 bits per heavy atom. The zero-order valence-electron chi connectivity index (χ0n) is 12.3. The zero-order valence-corrected chi connectivity index (χ0v) is 13.1. The van der Waals surface area contributed by atoms with E-state index in [1.54, 1.807) is 0 Å². The van der Waals surface area contributed by atoms with E-state index in [4.69, 9.17) is 4.74 Å². The maximum absolute atomic E-state index is 12.3.